The monoisotopic (exact) mass is 294 g/mol. The van der Waals surface area contributed by atoms with Crippen molar-refractivity contribution in [3.05, 3.63) is 27.1 Å². The van der Waals surface area contributed by atoms with Gasteiger partial charge in [0.15, 0.2) is 0 Å². The Kier molecular flexibility index (Phi) is 4.54. The predicted octanol–water partition coefficient (Wildman–Crippen LogP) is 3.04. The van der Waals surface area contributed by atoms with Crippen LogP contribution in [0.2, 0.25) is 0 Å². The van der Waals surface area contributed by atoms with E-state index in [-0.39, 0.29) is 16.5 Å². The second-order valence-electron chi connectivity index (χ2n) is 4.81. The van der Waals surface area contributed by atoms with Gasteiger partial charge in [0.2, 0.25) is 0 Å². The summed E-state index contributed by atoms with van der Waals surface area (Å²) >= 11 is 1.21. The fourth-order valence-corrected chi connectivity index (χ4v) is 3.19. The smallest absolute Gasteiger partial charge is 0.337 e. The highest BCUT2D eigenvalue weighted by molar-refractivity contribution is 7.17. The molecule has 0 saturated carbocycles. The molecule has 2 aromatic rings. The first-order chi connectivity index (χ1) is 9.56. The molecule has 0 aliphatic rings. The van der Waals surface area contributed by atoms with E-state index in [9.17, 15) is 9.59 Å². The molecule has 2 heterocycles. The van der Waals surface area contributed by atoms with Crippen molar-refractivity contribution in [2.45, 2.75) is 46.1 Å². The Morgan fingerprint density at radius 3 is 2.80 bits per heavy atom. The molecule has 0 fully saturated rings. The second-order valence-corrected chi connectivity index (χ2v) is 5.67. The summed E-state index contributed by atoms with van der Waals surface area (Å²) in [7, 11) is 0. The van der Waals surface area contributed by atoms with Gasteiger partial charge in [-0.25, -0.2) is 9.78 Å². The third kappa shape index (κ3) is 2.75. The lowest BCUT2D eigenvalue weighted by atomic mass is 10.2. The van der Waals surface area contributed by atoms with Gasteiger partial charge in [-0.2, -0.15) is 0 Å². The van der Waals surface area contributed by atoms with Crippen LogP contribution in [0.4, 0.5) is 0 Å². The Morgan fingerprint density at radius 1 is 1.40 bits per heavy atom. The lowest BCUT2D eigenvalue weighted by Gasteiger charge is -2.09. The molecule has 108 valence electrons. The fourth-order valence-electron chi connectivity index (χ4n) is 2.24. The lowest BCUT2D eigenvalue weighted by molar-refractivity contribution is 0.0699. The molecule has 6 heteroatoms. The molecule has 0 atom stereocenters. The number of carboxylic acids is 1. The van der Waals surface area contributed by atoms with Crippen molar-refractivity contribution >= 4 is 27.5 Å². The van der Waals surface area contributed by atoms with Crippen molar-refractivity contribution in [1.82, 2.24) is 9.55 Å². The van der Waals surface area contributed by atoms with Crippen LogP contribution in [0.3, 0.4) is 0 Å². The van der Waals surface area contributed by atoms with E-state index < -0.39 is 5.97 Å². The number of thiophene rings is 1. The first-order valence-electron chi connectivity index (χ1n) is 6.78. The first kappa shape index (κ1) is 14.7. The number of aromatic nitrogens is 2. The average Bonchev–Trinajstić information content (AvgIpc) is 2.81. The zero-order valence-electron chi connectivity index (χ0n) is 11.7. The lowest BCUT2D eigenvalue weighted by Crippen LogP contribution is -2.24. The van der Waals surface area contributed by atoms with Crippen LogP contribution in [0.1, 0.15) is 48.8 Å². The number of aryl methyl sites for hydroxylation is 1. The van der Waals surface area contributed by atoms with E-state index >= 15 is 0 Å². The molecule has 5 nitrogen and oxygen atoms in total. The maximum Gasteiger partial charge on any atom is 0.337 e. The van der Waals surface area contributed by atoms with Crippen LogP contribution in [0.15, 0.2) is 10.2 Å². The summed E-state index contributed by atoms with van der Waals surface area (Å²) in [5, 5.41) is 10.9. The van der Waals surface area contributed by atoms with Crippen LogP contribution in [-0.4, -0.2) is 20.6 Å². The van der Waals surface area contributed by atoms with Crippen LogP contribution in [0.25, 0.3) is 10.2 Å². The number of hydrogen-bond acceptors (Lipinski definition) is 4. The topological polar surface area (TPSA) is 72.2 Å². The third-order valence-electron chi connectivity index (χ3n) is 3.35. The van der Waals surface area contributed by atoms with Gasteiger partial charge in [-0.05, 0) is 13.3 Å². The van der Waals surface area contributed by atoms with Crippen LogP contribution in [0, 0.1) is 6.92 Å². The summed E-state index contributed by atoms with van der Waals surface area (Å²) in [5.41, 5.74) is -0.174. The number of rotatable bonds is 6. The standard InChI is InChI=1S/C14H18N2O3S/c1-3-4-5-6-7-16-9(2)15-12-11(13(16)17)10(8-20-12)14(18)19/h8H,3-7H2,1-2H3,(H,18,19). The number of fused-ring (bicyclic) bond motifs is 1. The molecule has 0 unspecified atom stereocenters. The molecular weight excluding hydrogens is 276 g/mol. The van der Waals surface area contributed by atoms with Gasteiger partial charge in [0.05, 0.1) is 10.9 Å². The van der Waals surface area contributed by atoms with Crippen molar-refractivity contribution in [3.8, 4) is 0 Å². The molecule has 20 heavy (non-hydrogen) atoms. The fraction of sp³-hybridized carbons (Fsp3) is 0.500. The Morgan fingerprint density at radius 2 is 2.15 bits per heavy atom. The largest absolute Gasteiger partial charge is 0.478 e. The molecule has 0 radical (unpaired) electrons. The van der Waals surface area contributed by atoms with Crippen molar-refractivity contribution in [1.29, 1.82) is 0 Å². The summed E-state index contributed by atoms with van der Waals surface area (Å²) in [6.45, 7) is 4.53. The van der Waals surface area contributed by atoms with Crippen molar-refractivity contribution in [2.75, 3.05) is 0 Å². The summed E-state index contributed by atoms with van der Waals surface area (Å²) in [6.07, 6.45) is 4.26. The van der Waals surface area contributed by atoms with Crippen LogP contribution >= 0.6 is 11.3 Å². The van der Waals surface area contributed by atoms with E-state index in [1.54, 1.807) is 11.5 Å². The number of unbranched alkanes of at least 4 members (excludes halogenated alkanes) is 3. The molecule has 0 spiro atoms. The SMILES string of the molecule is CCCCCCn1c(C)nc2scc(C(=O)O)c2c1=O. The van der Waals surface area contributed by atoms with Gasteiger partial charge >= 0.3 is 5.97 Å². The van der Waals surface area contributed by atoms with Crippen LogP contribution < -0.4 is 5.56 Å². The van der Waals surface area contributed by atoms with Gasteiger partial charge in [-0.15, -0.1) is 11.3 Å². The van der Waals surface area contributed by atoms with E-state index in [4.69, 9.17) is 5.11 Å². The Bertz CT molecular complexity index is 688. The van der Waals surface area contributed by atoms with E-state index in [1.165, 1.54) is 16.7 Å². The average molecular weight is 294 g/mol. The van der Waals surface area contributed by atoms with Crippen molar-refractivity contribution < 1.29 is 9.90 Å². The van der Waals surface area contributed by atoms with Gasteiger partial charge in [-0.1, -0.05) is 26.2 Å². The molecule has 0 aliphatic carbocycles. The third-order valence-corrected chi connectivity index (χ3v) is 4.22. The minimum absolute atomic E-state index is 0.0600. The quantitative estimate of drug-likeness (QED) is 0.831. The normalized spacial score (nSPS) is 11.1. The van der Waals surface area contributed by atoms with E-state index in [0.29, 0.717) is 17.2 Å². The van der Waals surface area contributed by atoms with E-state index in [0.717, 1.165) is 25.7 Å². The highest BCUT2D eigenvalue weighted by atomic mass is 32.1. The summed E-state index contributed by atoms with van der Waals surface area (Å²) in [5.74, 6) is -0.422. The highest BCUT2D eigenvalue weighted by Gasteiger charge is 2.17. The molecule has 2 rings (SSSR count). The first-order valence-corrected chi connectivity index (χ1v) is 7.66. The molecule has 1 N–H and O–H groups in total. The minimum atomic E-state index is -1.07. The van der Waals surface area contributed by atoms with Gasteiger partial charge in [0.1, 0.15) is 10.7 Å². The molecule has 0 amide bonds. The van der Waals surface area contributed by atoms with Gasteiger partial charge < -0.3 is 5.11 Å². The van der Waals surface area contributed by atoms with Crippen molar-refractivity contribution in [3.63, 3.8) is 0 Å². The number of hydrogen-bond donors (Lipinski definition) is 1. The number of nitrogens with zero attached hydrogens (tertiary/aromatic N) is 2. The highest BCUT2D eigenvalue weighted by Crippen LogP contribution is 2.21. The second kappa shape index (κ2) is 6.17. The molecule has 0 saturated heterocycles. The predicted molar refractivity (Wildman–Crippen MR) is 79.7 cm³/mol. The molecule has 0 aliphatic heterocycles. The van der Waals surface area contributed by atoms with Gasteiger partial charge in [0, 0.05) is 11.9 Å². The Balaban J connectivity index is 2.42. The maximum atomic E-state index is 12.5. The molecule has 0 bridgehead atoms. The minimum Gasteiger partial charge on any atom is -0.478 e. The molecule has 2 aromatic heterocycles. The summed E-state index contributed by atoms with van der Waals surface area (Å²) in [6, 6.07) is 0. The number of carboxylic acid groups (broad SMARTS) is 1. The molecule has 0 aromatic carbocycles. The van der Waals surface area contributed by atoms with E-state index in [1.807, 2.05) is 0 Å². The Labute approximate surface area is 120 Å². The van der Waals surface area contributed by atoms with Crippen LogP contribution in [0.5, 0.6) is 0 Å². The zero-order chi connectivity index (χ0) is 14.7. The Hall–Kier alpha value is -1.69. The van der Waals surface area contributed by atoms with Crippen LogP contribution in [-0.2, 0) is 6.54 Å². The zero-order valence-corrected chi connectivity index (χ0v) is 12.5. The summed E-state index contributed by atoms with van der Waals surface area (Å²) < 4.78 is 1.59. The molecular formula is C14H18N2O3S. The maximum absolute atomic E-state index is 12.5. The summed E-state index contributed by atoms with van der Waals surface area (Å²) in [4.78, 5) is 28.5. The van der Waals surface area contributed by atoms with Gasteiger partial charge in [0.25, 0.3) is 5.56 Å². The number of carbonyl (C=O) groups is 1. The van der Waals surface area contributed by atoms with Gasteiger partial charge in [-0.3, -0.25) is 9.36 Å². The number of aromatic carboxylic acids is 1. The van der Waals surface area contributed by atoms with Crippen molar-refractivity contribution in [2.24, 2.45) is 0 Å². The van der Waals surface area contributed by atoms with E-state index in [2.05, 4.69) is 11.9 Å².